The third kappa shape index (κ3) is 4.95. The first kappa shape index (κ1) is 24.0. The van der Waals surface area contributed by atoms with Gasteiger partial charge in [0.15, 0.2) is 0 Å². The Morgan fingerprint density at radius 2 is 1.73 bits per heavy atom. The minimum Gasteiger partial charge on any atom is -0.381 e. The van der Waals surface area contributed by atoms with Gasteiger partial charge in [0, 0.05) is 36.6 Å². The SMILES string of the molecule is O=C(Nc1ccc2c(c1)COC2)c1cc(NCc2ccc3nsnc3c2)cc(S(=O)(=O)N2CCCC2)c1. The number of hydrogen-bond acceptors (Lipinski definition) is 8. The Kier molecular flexibility index (Phi) is 6.37. The zero-order valence-corrected chi connectivity index (χ0v) is 21.6. The molecule has 190 valence electrons. The molecule has 2 N–H and O–H groups in total. The molecule has 1 amide bonds. The van der Waals surface area contributed by atoms with Gasteiger partial charge in [0.25, 0.3) is 5.91 Å². The van der Waals surface area contributed by atoms with E-state index >= 15 is 0 Å². The van der Waals surface area contributed by atoms with Gasteiger partial charge >= 0.3 is 0 Å². The first-order valence-corrected chi connectivity index (χ1v) is 14.2. The van der Waals surface area contributed by atoms with E-state index in [4.69, 9.17) is 4.74 Å². The van der Waals surface area contributed by atoms with E-state index in [-0.39, 0.29) is 16.4 Å². The molecule has 11 heteroatoms. The van der Waals surface area contributed by atoms with E-state index in [2.05, 4.69) is 19.4 Å². The van der Waals surface area contributed by atoms with Crippen LogP contribution in [0.4, 0.5) is 11.4 Å². The molecule has 0 unspecified atom stereocenters. The lowest BCUT2D eigenvalue weighted by atomic mass is 10.1. The Morgan fingerprint density at radius 3 is 2.59 bits per heavy atom. The maximum Gasteiger partial charge on any atom is 0.255 e. The quantitative estimate of drug-likeness (QED) is 0.361. The minimum atomic E-state index is -3.72. The molecule has 1 fully saturated rings. The summed E-state index contributed by atoms with van der Waals surface area (Å²) in [7, 11) is -3.72. The molecule has 37 heavy (non-hydrogen) atoms. The van der Waals surface area contributed by atoms with Crippen molar-refractivity contribution in [1.82, 2.24) is 13.1 Å². The van der Waals surface area contributed by atoms with Gasteiger partial charge in [0.2, 0.25) is 10.0 Å². The average Bonchev–Trinajstić information content (AvgIpc) is 3.68. The van der Waals surface area contributed by atoms with Crippen molar-refractivity contribution >= 4 is 50.1 Å². The van der Waals surface area contributed by atoms with Crippen molar-refractivity contribution < 1.29 is 17.9 Å². The number of aromatic nitrogens is 2. The van der Waals surface area contributed by atoms with Crippen LogP contribution in [0.2, 0.25) is 0 Å². The molecule has 0 spiro atoms. The predicted molar refractivity (Wildman–Crippen MR) is 142 cm³/mol. The summed E-state index contributed by atoms with van der Waals surface area (Å²) in [4.78, 5) is 13.4. The topological polar surface area (TPSA) is 114 Å². The molecule has 4 aromatic rings. The highest BCUT2D eigenvalue weighted by Gasteiger charge is 2.28. The van der Waals surface area contributed by atoms with Crippen molar-refractivity contribution in [2.75, 3.05) is 23.7 Å². The normalized spacial score (nSPS) is 15.7. The monoisotopic (exact) mass is 535 g/mol. The maximum atomic E-state index is 13.4. The number of ether oxygens (including phenoxy) is 1. The molecule has 3 heterocycles. The third-order valence-electron chi connectivity index (χ3n) is 6.67. The fourth-order valence-corrected chi connectivity index (χ4v) is 6.76. The summed E-state index contributed by atoms with van der Waals surface area (Å²) in [6, 6.07) is 16.2. The summed E-state index contributed by atoms with van der Waals surface area (Å²) in [5.74, 6) is -0.379. The lowest BCUT2D eigenvalue weighted by Crippen LogP contribution is -2.28. The first-order valence-electron chi connectivity index (χ1n) is 12.1. The van der Waals surface area contributed by atoms with Crippen LogP contribution in [0, 0.1) is 0 Å². The van der Waals surface area contributed by atoms with E-state index in [1.54, 1.807) is 12.1 Å². The molecule has 2 aliphatic heterocycles. The number of fused-ring (bicyclic) bond motifs is 2. The molecular formula is C26H25N5O4S2. The van der Waals surface area contributed by atoms with Gasteiger partial charge < -0.3 is 15.4 Å². The second kappa shape index (κ2) is 9.82. The standard InChI is InChI=1S/C26H25N5O4S2/c32-26(28-21-5-4-18-15-35-16-20(18)11-21)19-10-22(13-23(12-19)37(33,34)31-7-1-2-8-31)27-14-17-3-6-24-25(9-17)30-36-29-24/h3-6,9-13,27H,1-2,7-8,14-16H2,(H,28,32). The van der Waals surface area contributed by atoms with Gasteiger partial charge in [-0.25, -0.2) is 8.42 Å². The molecule has 0 radical (unpaired) electrons. The van der Waals surface area contributed by atoms with E-state index in [1.807, 2.05) is 36.4 Å². The number of sulfonamides is 1. The highest BCUT2D eigenvalue weighted by Crippen LogP contribution is 2.27. The van der Waals surface area contributed by atoms with Crippen LogP contribution < -0.4 is 10.6 Å². The summed E-state index contributed by atoms with van der Waals surface area (Å²) in [5.41, 5.74) is 6.22. The fourth-order valence-electron chi connectivity index (χ4n) is 4.65. The van der Waals surface area contributed by atoms with Gasteiger partial charge in [-0.2, -0.15) is 13.1 Å². The van der Waals surface area contributed by atoms with E-state index < -0.39 is 10.0 Å². The largest absolute Gasteiger partial charge is 0.381 e. The fraction of sp³-hybridized carbons (Fsp3) is 0.269. The van der Waals surface area contributed by atoms with Crippen LogP contribution in [-0.2, 0) is 34.5 Å². The Morgan fingerprint density at radius 1 is 0.919 bits per heavy atom. The van der Waals surface area contributed by atoms with Crippen molar-refractivity contribution in [2.24, 2.45) is 0 Å². The number of hydrogen-bond donors (Lipinski definition) is 2. The number of benzene rings is 3. The van der Waals surface area contributed by atoms with Crippen molar-refractivity contribution in [1.29, 1.82) is 0 Å². The molecule has 0 bridgehead atoms. The molecule has 6 rings (SSSR count). The summed E-state index contributed by atoms with van der Waals surface area (Å²) in [6.07, 6.45) is 1.67. The number of anilines is 2. The van der Waals surface area contributed by atoms with Gasteiger partial charge in [-0.3, -0.25) is 4.79 Å². The number of amides is 1. The molecule has 2 aliphatic rings. The Hall–Kier alpha value is -3.38. The van der Waals surface area contributed by atoms with Crippen molar-refractivity contribution in [3.8, 4) is 0 Å². The Balaban J connectivity index is 1.29. The minimum absolute atomic E-state index is 0.103. The second-order valence-corrected chi connectivity index (χ2v) is 11.7. The van der Waals surface area contributed by atoms with E-state index in [9.17, 15) is 13.2 Å². The lowest BCUT2D eigenvalue weighted by Gasteiger charge is -2.18. The number of nitrogens with one attached hydrogen (secondary N) is 2. The highest BCUT2D eigenvalue weighted by molar-refractivity contribution is 7.89. The smallest absolute Gasteiger partial charge is 0.255 e. The van der Waals surface area contributed by atoms with E-state index in [0.717, 1.165) is 52.3 Å². The number of nitrogens with zero attached hydrogens (tertiary/aromatic N) is 3. The molecule has 0 atom stereocenters. The van der Waals surface area contributed by atoms with Crippen LogP contribution in [0.1, 0.15) is 39.9 Å². The molecular weight excluding hydrogens is 510 g/mol. The van der Waals surface area contributed by atoms with Crippen molar-refractivity contribution in [3.05, 3.63) is 76.9 Å². The van der Waals surface area contributed by atoms with E-state index in [0.29, 0.717) is 44.2 Å². The van der Waals surface area contributed by atoms with Crippen LogP contribution in [0.25, 0.3) is 11.0 Å². The second-order valence-electron chi connectivity index (χ2n) is 9.23. The molecule has 1 saturated heterocycles. The number of rotatable bonds is 7. The van der Waals surface area contributed by atoms with Gasteiger partial charge in [0.05, 0.1) is 29.8 Å². The van der Waals surface area contributed by atoms with Crippen LogP contribution in [0.5, 0.6) is 0 Å². The first-order chi connectivity index (χ1) is 18.0. The molecule has 9 nitrogen and oxygen atoms in total. The van der Waals surface area contributed by atoms with Crippen LogP contribution in [-0.4, -0.2) is 40.5 Å². The maximum absolute atomic E-state index is 13.4. The highest BCUT2D eigenvalue weighted by atomic mass is 32.2. The molecule has 0 aliphatic carbocycles. The Bertz CT molecular complexity index is 1600. The number of carbonyl (C=O) groups is 1. The van der Waals surface area contributed by atoms with Crippen LogP contribution in [0.15, 0.2) is 59.5 Å². The lowest BCUT2D eigenvalue weighted by molar-refractivity contribution is 0.102. The summed E-state index contributed by atoms with van der Waals surface area (Å²) >= 11 is 1.16. The van der Waals surface area contributed by atoms with Gasteiger partial charge in [-0.15, -0.1) is 0 Å². The van der Waals surface area contributed by atoms with Gasteiger partial charge in [-0.05, 0) is 72.0 Å². The number of carbonyl (C=O) groups excluding carboxylic acids is 1. The summed E-state index contributed by atoms with van der Waals surface area (Å²) < 4.78 is 42.2. The Labute approximate surface area is 218 Å². The van der Waals surface area contributed by atoms with Crippen molar-refractivity contribution in [2.45, 2.75) is 37.5 Å². The molecule has 3 aromatic carbocycles. The van der Waals surface area contributed by atoms with Gasteiger partial charge in [0.1, 0.15) is 11.0 Å². The third-order valence-corrected chi connectivity index (χ3v) is 9.10. The predicted octanol–water partition coefficient (Wildman–Crippen LogP) is 4.37. The van der Waals surface area contributed by atoms with Crippen LogP contribution >= 0.6 is 11.7 Å². The molecule has 1 aromatic heterocycles. The summed E-state index contributed by atoms with van der Waals surface area (Å²) in [5, 5.41) is 6.20. The van der Waals surface area contributed by atoms with E-state index in [1.165, 1.54) is 10.4 Å². The van der Waals surface area contributed by atoms with Gasteiger partial charge in [-0.1, -0.05) is 12.1 Å². The average molecular weight is 536 g/mol. The zero-order chi connectivity index (χ0) is 25.4. The van der Waals surface area contributed by atoms with Crippen molar-refractivity contribution in [3.63, 3.8) is 0 Å². The molecule has 0 saturated carbocycles. The zero-order valence-electron chi connectivity index (χ0n) is 19.9. The van der Waals surface area contributed by atoms with Crippen LogP contribution in [0.3, 0.4) is 0 Å². The summed E-state index contributed by atoms with van der Waals surface area (Å²) in [6.45, 7) is 2.49.